The molecular formula is C22H22N4O4S. The molecule has 1 aromatic heterocycles. The molecule has 1 amide bonds. The number of thioether (sulfide) groups is 1. The number of aromatic nitrogens is 2. The van der Waals surface area contributed by atoms with E-state index in [0.29, 0.717) is 5.75 Å². The van der Waals surface area contributed by atoms with Gasteiger partial charge in [0.2, 0.25) is 5.91 Å². The number of para-hydroxylation sites is 1. The van der Waals surface area contributed by atoms with Crippen LogP contribution in [0, 0.1) is 10.1 Å². The number of hydrogen-bond donors (Lipinski definition) is 1. The van der Waals surface area contributed by atoms with Gasteiger partial charge in [0.15, 0.2) is 5.16 Å². The van der Waals surface area contributed by atoms with Crippen molar-refractivity contribution in [3.05, 3.63) is 70.0 Å². The number of hydrogen-bond acceptors (Lipinski definition) is 6. The van der Waals surface area contributed by atoms with E-state index >= 15 is 0 Å². The maximum absolute atomic E-state index is 12.6. The fourth-order valence-corrected chi connectivity index (χ4v) is 4.52. The number of carbonyl (C=O) groups excluding carboxylic acids is 1. The van der Waals surface area contributed by atoms with Gasteiger partial charge in [0, 0.05) is 11.4 Å². The van der Waals surface area contributed by atoms with E-state index in [2.05, 4.69) is 9.88 Å². The summed E-state index contributed by atoms with van der Waals surface area (Å²) in [5.41, 5.74) is 3.24. The first-order valence-corrected chi connectivity index (χ1v) is 11.0. The van der Waals surface area contributed by atoms with Crippen molar-refractivity contribution in [2.75, 3.05) is 18.2 Å². The highest BCUT2D eigenvalue weighted by molar-refractivity contribution is 7.99. The normalized spacial score (nSPS) is 12.8. The van der Waals surface area contributed by atoms with Crippen LogP contribution in [0.25, 0.3) is 5.69 Å². The van der Waals surface area contributed by atoms with Crippen molar-refractivity contribution in [2.45, 2.75) is 30.8 Å². The fourth-order valence-electron chi connectivity index (χ4n) is 3.67. The minimum absolute atomic E-state index is 0.0892. The van der Waals surface area contributed by atoms with Crippen molar-refractivity contribution in [2.24, 2.45) is 0 Å². The second-order valence-corrected chi connectivity index (χ2v) is 8.09. The molecule has 0 saturated carbocycles. The van der Waals surface area contributed by atoms with Crippen LogP contribution in [-0.2, 0) is 17.6 Å². The highest BCUT2D eigenvalue weighted by Crippen LogP contribution is 2.32. The van der Waals surface area contributed by atoms with E-state index < -0.39 is 4.92 Å². The molecule has 160 valence electrons. The number of carbonyl (C=O) groups is 1. The number of fused-ring (bicyclic) bond motifs is 1. The zero-order valence-electron chi connectivity index (χ0n) is 17.0. The molecule has 0 bridgehead atoms. The highest BCUT2D eigenvalue weighted by atomic mass is 32.2. The molecule has 9 heteroatoms. The quantitative estimate of drug-likeness (QED) is 0.333. The van der Waals surface area contributed by atoms with Crippen LogP contribution in [0.4, 0.5) is 11.4 Å². The average Bonchev–Trinajstić information content (AvgIpc) is 3.17. The van der Waals surface area contributed by atoms with Crippen molar-refractivity contribution < 1.29 is 14.5 Å². The Morgan fingerprint density at radius 1 is 1.23 bits per heavy atom. The first kappa shape index (κ1) is 20.9. The summed E-state index contributed by atoms with van der Waals surface area (Å²) in [5.74, 6) is 0.111. The molecule has 0 atom stereocenters. The van der Waals surface area contributed by atoms with E-state index in [-0.39, 0.29) is 23.0 Å². The number of nitrogens with one attached hydrogen (secondary N) is 1. The minimum Gasteiger partial charge on any atom is -0.496 e. The smallest absolute Gasteiger partial charge is 0.296 e. The van der Waals surface area contributed by atoms with Gasteiger partial charge < -0.3 is 10.1 Å². The number of nitro benzene ring substituents is 1. The molecule has 1 aliphatic rings. The van der Waals surface area contributed by atoms with Gasteiger partial charge in [-0.05, 0) is 49.9 Å². The van der Waals surface area contributed by atoms with E-state index in [1.54, 1.807) is 6.07 Å². The van der Waals surface area contributed by atoms with Crippen LogP contribution in [0.15, 0.2) is 53.7 Å². The topological polar surface area (TPSA) is 99.3 Å². The van der Waals surface area contributed by atoms with Crippen LogP contribution < -0.4 is 10.1 Å². The monoisotopic (exact) mass is 438 g/mol. The Labute approximate surface area is 183 Å². The lowest BCUT2D eigenvalue weighted by atomic mass is 10.0. The number of methoxy groups -OCH3 is 1. The Balaban J connectivity index is 1.53. The van der Waals surface area contributed by atoms with Crippen molar-refractivity contribution in [3.8, 4) is 11.4 Å². The van der Waals surface area contributed by atoms with Crippen LogP contribution in [-0.4, -0.2) is 33.2 Å². The second-order valence-electron chi connectivity index (χ2n) is 7.14. The molecule has 1 N–H and O–H groups in total. The van der Waals surface area contributed by atoms with Gasteiger partial charge in [-0.25, -0.2) is 4.98 Å². The lowest BCUT2D eigenvalue weighted by molar-refractivity contribution is -0.384. The van der Waals surface area contributed by atoms with Crippen LogP contribution in [0.1, 0.15) is 24.2 Å². The molecule has 0 unspecified atom stereocenters. The zero-order valence-corrected chi connectivity index (χ0v) is 17.9. The van der Waals surface area contributed by atoms with Crippen LogP contribution >= 0.6 is 11.8 Å². The molecule has 2 aromatic carbocycles. The average molecular weight is 439 g/mol. The Bertz CT molecular complexity index is 1110. The SMILES string of the molecule is COc1ccc(NC(=O)CSc2nc3c(n2-c2ccccc2)CCCC3)c([N+](=O)[O-])c1. The third kappa shape index (κ3) is 4.56. The number of nitrogens with zero attached hydrogens (tertiary/aromatic N) is 3. The predicted molar refractivity (Wildman–Crippen MR) is 119 cm³/mol. The summed E-state index contributed by atoms with van der Waals surface area (Å²) in [6.07, 6.45) is 4.14. The van der Waals surface area contributed by atoms with Gasteiger partial charge in [-0.2, -0.15) is 0 Å². The minimum atomic E-state index is -0.540. The van der Waals surface area contributed by atoms with Crippen LogP contribution in [0.2, 0.25) is 0 Å². The number of benzene rings is 2. The lowest BCUT2D eigenvalue weighted by Crippen LogP contribution is -2.15. The number of amides is 1. The van der Waals surface area contributed by atoms with E-state index in [1.165, 1.54) is 36.7 Å². The number of ether oxygens (including phenoxy) is 1. The molecule has 4 rings (SSSR count). The maximum atomic E-state index is 12.6. The second kappa shape index (κ2) is 9.22. The molecule has 1 heterocycles. The number of aryl methyl sites for hydroxylation is 1. The summed E-state index contributed by atoms with van der Waals surface area (Å²) in [6, 6.07) is 14.3. The van der Waals surface area contributed by atoms with Gasteiger partial charge in [0.1, 0.15) is 11.4 Å². The lowest BCUT2D eigenvalue weighted by Gasteiger charge is -2.15. The van der Waals surface area contributed by atoms with Gasteiger partial charge in [-0.3, -0.25) is 19.5 Å². The number of nitro groups is 1. The van der Waals surface area contributed by atoms with Crippen molar-refractivity contribution in [1.29, 1.82) is 0 Å². The van der Waals surface area contributed by atoms with Gasteiger partial charge in [0.05, 0.1) is 29.5 Å². The van der Waals surface area contributed by atoms with Crippen LogP contribution in [0.3, 0.4) is 0 Å². The van der Waals surface area contributed by atoms with Gasteiger partial charge in [-0.1, -0.05) is 30.0 Å². The largest absolute Gasteiger partial charge is 0.496 e. The number of rotatable bonds is 7. The first-order chi connectivity index (χ1) is 15.1. The summed E-state index contributed by atoms with van der Waals surface area (Å²) in [5, 5.41) is 14.7. The molecule has 8 nitrogen and oxygen atoms in total. The first-order valence-electron chi connectivity index (χ1n) is 9.98. The molecule has 31 heavy (non-hydrogen) atoms. The number of imidazole rings is 1. The summed E-state index contributed by atoms with van der Waals surface area (Å²) in [6.45, 7) is 0. The fraction of sp³-hybridized carbons (Fsp3) is 0.273. The van der Waals surface area contributed by atoms with Gasteiger partial charge >= 0.3 is 0 Å². The Morgan fingerprint density at radius 2 is 2.00 bits per heavy atom. The van der Waals surface area contributed by atoms with Crippen molar-refractivity contribution in [3.63, 3.8) is 0 Å². The van der Waals surface area contributed by atoms with Gasteiger partial charge in [0.25, 0.3) is 5.69 Å². The Morgan fingerprint density at radius 3 is 2.74 bits per heavy atom. The number of anilines is 1. The standard InChI is InChI=1S/C22H22N4O4S/c1-30-16-11-12-18(20(13-16)26(28)29)23-21(27)14-31-22-24-17-9-5-6-10-19(17)25(22)15-7-3-2-4-8-15/h2-4,7-8,11-13H,5-6,9-10,14H2,1H3,(H,23,27). The molecule has 0 fully saturated rings. The van der Waals surface area contributed by atoms with Gasteiger partial charge in [-0.15, -0.1) is 0 Å². The van der Waals surface area contributed by atoms with Crippen LogP contribution in [0.5, 0.6) is 5.75 Å². The summed E-state index contributed by atoms with van der Waals surface area (Å²) >= 11 is 1.33. The Hall–Kier alpha value is -3.33. The Kier molecular flexibility index (Phi) is 6.22. The van der Waals surface area contributed by atoms with Crippen molar-refractivity contribution in [1.82, 2.24) is 9.55 Å². The third-order valence-electron chi connectivity index (χ3n) is 5.12. The summed E-state index contributed by atoms with van der Waals surface area (Å²) < 4.78 is 7.16. The highest BCUT2D eigenvalue weighted by Gasteiger charge is 2.22. The third-order valence-corrected chi connectivity index (χ3v) is 6.06. The predicted octanol–water partition coefficient (Wildman–Crippen LogP) is 4.40. The summed E-state index contributed by atoms with van der Waals surface area (Å²) in [4.78, 5) is 28.2. The van der Waals surface area contributed by atoms with Crippen molar-refractivity contribution >= 4 is 29.0 Å². The molecule has 1 aliphatic carbocycles. The molecule has 0 spiro atoms. The molecule has 0 aliphatic heterocycles. The van der Waals surface area contributed by atoms with E-state index in [0.717, 1.165) is 42.2 Å². The molecule has 3 aromatic rings. The van der Waals surface area contributed by atoms with E-state index in [4.69, 9.17) is 9.72 Å². The maximum Gasteiger partial charge on any atom is 0.296 e. The van der Waals surface area contributed by atoms with E-state index in [1.807, 2.05) is 30.3 Å². The molecular weight excluding hydrogens is 416 g/mol. The molecule has 0 radical (unpaired) electrons. The summed E-state index contributed by atoms with van der Waals surface area (Å²) in [7, 11) is 1.43. The zero-order chi connectivity index (χ0) is 21.8. The van der Waals surface area contributed by atoms with E-state index in [9.17, 15) is 14.9 Å². The molecule has 0 saturated heterocycles.